The third-order valence-electron chi connectivity index (χ3n) is 4.23. The molecule has 7 nitrogen and oxygen atoms in total. The van der Waals surface area contributed by atoms with Gasteiger partial charge in [0, 0.05) is 45.4 Å². The molecule has 27 heavy (non-hydrogen) atoms. The van der Waals surface area contributed by atoms with Crippen LogP contribution in [-0.4, -0.2) is 52.4 Å². The van der Waals surface area contributed by atoms with Gasteiger partial charge in [-0.05, 0) is 31.9 Å². The number of guanidine groups is 1. The Kier molecular flexibility index (Phi) is 8.54. The Balaban J connectivity index is 2.06. The average molecular weight is 393 g/mol. The van der Waals surface area contributed by atoms with Crippen LogP contribution in [0.25, 0.3) is 0 Å². The van der Waals surface area contributed by atoms with Crippen molar-refractivity contribution in [1.82, 2.24) is 25.0 Å². The van der Waals surface area contributed by atoms with E-state index in [1.807, 2.05) is 56.8 Å². The van der Waals surface area contributed by atoms with Gasteiger partial charge in [0.2, 0.25) is 0 Å². The first-order valence-corrected chi connectivity index (χ1v) is 9.56. The second-order valence-corrected chi connectivity index (χ2v) is 6.69. The van der Waals surface area contributed by atoms with Crippen molar-refractivity contribution in [1.29, 1.82) is 0 Å². The van der Waals surface area contributed by atoms with E-state index in [9.17, 15) is 0 Å². The van der Waals surface area contributed by atoms with Gasteiger partial charge in [-0.1, -0.05) is 29.8 Å². The summed E-state index contributed by atoms with van der Waals surface area (Å²) in [6.07, 6.45) is 0.913. The molecular formula is C19H29ClN6O. The van der Waals surface area contributed by atoms with Crippen molar-refractivity contribution in [3.05, 3.63) is 46.5 Å². The van der Waals surface area contributed by atoms with Crippen LogP contribution in [0, 0.1) is 6.92 Å². The number of ether oxygens (including phenoxy) is 1. The summed E-state index contributed by atoms with van der Waals surface area (Å²) in [5.74, 6) is 2.50. The molecule has 8 heteroatoms. The maximum absolute atomic E-state index is 6.31. The maximum Gasteiger partial charge on any atom is 0.194 e. The minimum Gasteiger partial charge on any atom is -0.382 e. The molecule has 1 heterocycles. The predicted octanol–water partition coefficient (Wildman–Crippen LogP) is 2.78. The van der Waals surface area contributed by atoms with Crippen LogP contribution in [0.2, 0.25) is 5.02 Å². The zero-order chi connectivity index (χ0) is 19.6. The largest absolute Gasteiger partial charge is 0.382 e. The first-order chi connectivity index (χ1) is 13.0. The average Bonchev–Trinajstić information content (AvgIpc) is 2.97. The molecule has 0 atom stereocenters. The van der Waals surface area contributed by atoms with Crippen LogP contribution >= 0.6 is 11.6 Å². The first-order valence-electron chi connectivity index (χ1n) is 9.18. The zero-order valence-electron chi connectivity index (χ0n) is 16.6. The van der Waals surface area contributed by atoms with Crippen LogP contribution in [0.4, 0.5) is 0 Å². The molecule has 0 amide bonds. The van der Waals surface area contributed by atoms with E-state index in [0.717, 1.165) is 54.4 Å². The summed E-state index contributed by atoms with van der Waals surface area (Å²) in [5, 5.41) is 12.4. The fraction of sp³-hybridized carbons (Fsp3) is 0.526. The monoisotopic (exact) mass is 392 g/mol. The van der Waals surface area contributed by atoms with Crippen LogP contribution in [-0.2, 0) is 24.9 Å². The van der Waals surface area contributed by atoms with Crippen LogP contribution in [0.1, 0.15) is 30.6 Å². The molecule has 0 aliphatic carbocycles. The molecule has 0 unspecified atom stereocenters. The Morgan fingerprint density at radius 2 is 2.11 bits per heavy atom. The molecule has 0 saturated heterocycles. The normalized spacial score (nSPS) is 11.7. The highest BCUT2D eigenvalue weighted by atomic mass is 35.5. The van der Waals surface area contributed by atoms with E-state index >= 15 is 0 Å². The highest BCUT2D eigenvalue weighted by Crippen LogP contribution is 2.16. The van der Waals surface area contributed by atoms with Gasteiger partial charge in [-0.2, -0.15) is 0 Å². The van der Waals surface area contributed by atoms with E-state index in [1.165, 1.54) is 0 Å². The van der Waals surface area contributed by atoms with E-state index in [1.54, 1.807) is 0 Å². The Morgan fingerprint density at radius 1 is 1.33 bits per heavy atom. The van der Waals surface area contributed by atoms with Gasteiger partial charge >= 0.3 is 0 Å². The van der Waals surface area contributed by atoms with Crippen LogP contribution in [0.3, 0.4) is 0 Å². The first kappa shape index (κ1) is 21.2. The standard InChI is InChI=1S/C19H29ClN6O/c1-5-27-12-8-11-21-19(22-13-18-24-23-15(2)26(18)4)25(3)14-16-9-6-7-10-17(16)20/h6-7,9-10H,5,8,11-14H2,1-4H3,(H,21,22). The van der Waals surface area contributed by atoms with Crippen molar-refractivity contribution >= 4 is 17.6 Å². The molecular weight excluding hydrogens is 364 g/mol. The minimum atomic E-state index is 0.456. The number of hydrogen-bond donors (Lipinski definition) is 1. The molecule has 0 aliphatic rings. The van der Waals surface area contributed by atoms with Gasteiger partial charge in [-0.15, -0.1) is 10.2 Å². The summed E-state index contributed by atoms with van der Waals surface area (Å²) in [6.45, 7) is 7.29. The van der Waals surface area contributed by atoms with Crippen LogP contribution in [0.15, 0.2) is 29.3 Å². The maximum atomic E-state index is 6.31. The molecule has 1 N–H and O–H groups in total. The van der Waals surface area contributed by atoms with Crippen molar-refractivity contribution in [3.8, 4) is 0 Å². The number of aliphatic imine (C=N–C) groups is 1. The molecule has 0 saturated carbocycles. The molecule has 148 valence electrons. The Bertz CT molecular complexity index is 746. The van der Waals surface area contributed by atoms with Gasteiger partial charge in [0.1, 0.15) is 12.4 Å². The fourth-order valence-corrected chi connectivity index (χ4v) is 2.72. The number of nitrogens with one attached hydrogen (secondary N) is 1. The van der Waals surface area contributed by atoms with Gasteiger partial charge in [0.15, 0.2) is 11.8 Å². The quantitative estimate of drug-likeness (QED) is 0.403. The Hall–Kier alpha value is -2.12. The molecule has 0 bridgehead atoms. The lowest BCUT2D eigenvalue weighted by molar-refractivity contribution is 0.145. The summed E-state index contributed by atoms with van der Waals surface area (Å²) >= 11 is 6.31. The molecule has 0 spiro atoms. The Labute approximate surface area is 166 Å². The van der Waals surface area contributed by atoms with Crippen molar-refractivity contribution in [2.45, 2.75) is 33.4 Å². The molecule has 0 aliphatic heterocycles. The summed E-state index contributed by atoms with van der Waals surface area (Å²) in [4.78, 5) is 6.80. The van der Waals surface area contributed by atoms with Gasteiger partial charge < -0.3 is 19.5 Å². The summed E-state index contributed by atoms with van der Waals surface area (Å²) in [6, 6.07) is 7.85. The molecule has 1 aromatic carbocycles. The van der Waals surface area contributed by atoms with Gasteiger partial charge in [-0.3, -0.25) is 0 Å². The van der Waals surface area contributed by atoms with Crippen molar-refractivity contribution in [2.75, 3.05) is 26.8 Å². The molecule has 0 fully saturated rings. The lowest BCUT2D eigenvalue weighted by Gasteiger charge is -2.23. The molecule has 0 radical (unpaired) electrons. The van der Waals surface area contributed by atoms with E-state index in [0.29, 0.717) is 13.1 Å². The topological polar surface area (TPSA) is 67.6 Å². The lowest BCUT2D eigenvalue weighted by Crippen LogP contribution is -2.39. The van der Waals surface area contributed by atoms with E-state index in [2.05, 4.69) is 20.4 Å². The number of rotatable bonds is 9. The number of aromatic nitrogens is 3. The number of halogens is 1. The summed E-state index contributed by atoms with van der Waals surface area (Å²) in [7, 11) is 3.95. The highest BCUT2D eigenvalue weighted by Gasteiger charge is 2.11. The zero-order valence-corrected chi connectivity index (χ0v) is 17.3. The Morgan fingerprint density at radius 3 is 2.78 bits per heavy atom. The lowest BCUT2D eigenvalue weighted by atomic mass is 10.2. The van der Waals surface area contributed by atoms with Gasteiger partial charge in [0.05, 0.1) is 0 Å². The summed E-state index contributed by atoms with van der Waals surface area (Å²) in [5.41, 5.74) is 1.06. The third-order valence-corrected chi connectivity index (χ3v) is 4.60. The number of hydrogen-bond acceptors (Lipinski definition) is 4. The number of nitrogens with zero attached hydrogens (tertiary/aromatic N) is 5. The number of benzene rings is 1. The van der Waals surface area contributed by atoms with E-state index < -0.39 is 0 Å². The third kappa shape index (κ3) is 6.52. The number of aryl methyl sites for hydroxylation is 1. The fourth-order valence-electron chi connectivity index (χ4n) is 2.52. The van der Waals surface area contributed by atoms with Gasteiger partial charge in [-0.25, -0.2) is 4.99 Å². The van der Waals surface area contributed by atoms with Crippen molar-refractivity contribution in [3.63, 3.8) is 0 Å². The highest BCUT2D eigenvalue weighted by molar-refractivity contribution is 6.31. The van der Waals surface area contributed by atoms with E-state index in [4.69, 9.17) is 21.3 Å². The SMILES string of the molecule is CCOCCCNC(=NCc1nnc(C)n1C)N(C)Cc1ccccc1Cl. The molecule has 2 aromatic rings. The van der Waals surface area contributed by atoms with Crippen LogP contribution < -0.4 is 5.32 Å². The van der Waals surface area contributed by atoms with Gasteiger partial charge in [0.25, 0.3) is 0 Å². The predicted molar refractivity (Wildman–Crippen MR) is 109 cm³/mol. The molecule has 1 aromatic heterocycles. The smallest absolute Gasteiger partial charge is 0.194 e. The summed E-state index contributed by atoms with van der Waals surface area (Å²) < 4.78 is 7.35. The van der Waals surface area contributed by atoms with E-state index in [-0.39, 0.29) is 0 Å². The van der Waals surface area contributed by atoms with Crippen molar-refractivity contribution < 1.29 is 4.74 Å². The van der Waals surface area contributed by atoms with Crippen molar-refractivity contribution in [2.24, 2.45) is 12.0 Å². The molecule has 2 rings (SSSR count). The second-order valence-electron chi connectivity index (χ2n) is 6.29. The minimum absolute atomic E-state index is 0.456. The van der Waals surface area contributed by atoms with Crippen LogP contribution in [0.5, 0.6) is 0 Å². The second kappa shape index (κ2) is 10.9.